The molecule has 5 heteroatoms. The van der Waals surface area contributed by atoms with Crippen molar-refractivity contribution >= 4 is 11.6 Å². The minimum atomic E-state index is -1.40. The minimum Gasteiger partial charge on any atom is -0.382 e. The van der Waals surface area contributed by atoms with E-state index in [1.54, 1.807) is 24.3 Å². The Balaban J connectivity index is 0.000000248. The Morgan fingerprint density at radius 3 is 1.56 bits per heavy atom. The summed E-state index contributed by atoms with van der Waals surface area (Å²) in [6, 6.07) is 25.6. The van der Waals surface area contributed by atoms with Crippen LogP contribution in [0.1, 0.15) is 65.5 Å². The first-order valence-electron chi connectivity index (χ1n) is 11.2. The van der Waals surface area contributed by atoms with Crippen molar-refractivity contribution < 1.29 is 24.2 Å². The Labute approximate surface area is 202 Å². The average Bonchev–Trinajstić information content (AvgIpc) is 2.85. The molecule has 0 aromatic heterocycles. The van der Waals surface area contributed by atoms with Crippen molar-refractivity contribution in [3.63, 3.8) is 0 Å². The summed E-state index contributed by atoms with van der Waals surface area (Å²) in [5, 5.41) is 9.57. The van der Waals surface area contributed by atoms with Gasteiger partial charge in [0.05, 0.1) is 0 Å². The molecule has 0 aliphatic rings. The van der Waals surface area contributed by atoms with Gasteiger partial charge in [0.1, 0.15) is 5.60 Å². The van der Waals surface area contributed by atoms with Crippen molar-refractivity contribution in [2.75, 3.05) is 14.2 Å². The van der Waals surface area contributed by atoms with Crippen molar-refractivity contribution in [3.05, 3.63) is 107 Å². The van der Waals surface area contributed by atoms with Crippen LogP contribution in [0.15, 0.2) is 84.9 Å². The third-order valence-corrected chi connectivity index (χ3v) is 5.46. The number of benzene rings is 3. The largest absolute Gasteiger partial charge is 0.382 e. The van der Waals surface area contributed by atoms with Gasteiger partial charge in [0.2, 0.25) is 5.78 Å². The van der Waals surface area contributed by atoms with Gasteiger partial charge in [0.15, 0.2) is 5.78 Å². The molecule has 0 aliphatic heterocycles. The summed E-state index contributed by atoms with van der Waals surface area (Å²) in [7, 11) is 2.94. The van der Waals surface area contributed by atoms with E-state index in [-0.39, 0.29) is 11.6 Å². The van der Waals surface area contributed by atoms with Gasteiger partial charge in [-0.3, -0.25) is 9.59 Å². The van der Waals surface area contributed by atoms with Gasteiger partial charge < -0.3 is 14.6 Å². The van der Waals surface area contributed by atoms with Crippen LogP contribution >= 0.6 is 0 Å². The monoisotopic (exact) mass is 462 g/mol. The topological polar surface area (TPSA) is 72.8 Å². The Morgan fingerprint density at radius 2 is 1.15 bits per heavy atom. The van der Waals surface area contributed by atoms with E-state index in [0.717, 1.165) is 0 Å². The molecule has 0 atom stereocenters. The lowest BCUT2D eigenvalue weighted by molar-refractivity contribution is -0.176. The maximum Gasteiger partial charge on any atom is 0.260 e. The molecule has 0 unspecified atom stereocenters. The average molecular weight is 463 g/mol. The molecule has 3 aromatic carbocycles. The van der Waals surface area contributed by atoms with Crippen LogP contribution in [0, 0.1) is 0 Å². The first-order chi connectivity index (χ1) is 16.1. The summed E-state index contributed by atoms with van der Waals surface area (Å²) in [5.74, 6) is -1.40. The Hall–Kier alpha value is -3.12. The molecule has 0 amide bonds. The van der Waals surface area contributed by atoms with Gasteiger partial charge in [0.25, 0.3) is 5.79 Å². The molecular weight excluding hydrogens is 428 g/mol. The number of hydrogen-bond acceptors (Lipinski definition) is 5. The van der Waals surface area contributed by atoms with E-state index >= 15 is 0 Å². The van der Waals surface area contributed by atoms with Crippen molar-refractivity contribution in [1.29, 1.82) is 0 Å². The number of ether oxygens (including phenoxy) is 2. The van der Waals surface area contributed by atoms with E-state index in [2.05, 4.69) is 13.8 Å². The Morgan fingerprint density at radius 1 is 0.706 bits per heavy atom. The molecule has 180 valence electrons. The highest BCUT2D eigenvalue weighted by atomic mass is 16.7. The number of rotatable bonds is 8. The van der Waals surface area contributed by atoms with E-state index in [1.807, 2.05) is 60.7 Å². The van der Waals surface area contributed by atoms with Gasteiger partial charge in [-0.1, -0.05) is 98.8 Å². The SMILES string of the molecule is CC(C)c1ccc(C(=O)C(C)(C)O)cc1.COC(OC)(C(=O)c1ccccc1)c1ccccc1. The fourth-order valence-corrected chi connectivity index (χ4v) is 3.45. The molecular formula is C29H34O5. The molecule has 0 saturated carbocycles. The second kappa shape index (κ2) is 11.8. The third kappa shape index (κ3) is 6.48. The number of carbonyl (C=O) groups excluding carboxylic acids is 2. The van der Waals surface area contributed by atoms with E-state index in [4.69, 9.17) is 9.47 Å². The number of ketones is 2. The van der Waals surface area contributed by atoms with Crippen LogP contribution in [0.25, 0.3) is 0 Å². The fourth-order valence-electron chi connectivity index (χ4n) is 3.45. The summed E-state index contributed by atoms with van der Waals surface area (Å²) < 4.78 is 10.8. The van der Waals surface area contributed by atoms with Gasteiger partial charge in [-0.2, -0.15) is 0 Å². The number of carbonyl (C=O) groups is 2. The van der Waals surface area contributed by atoms with Crippen LogP contribution in [-0.4, -0.2) is 36.5 Å². The van der Waals surface area contributed by atoms with Crippen molar-refractivity contribution in [2.45, 2.75) is 45.0 Å². The second-order valence-electron chi connectivity index (χ2n) is 8.75. The maximum absolute atomic E-state index is 12.7. The molecule has 34 heavy (non-hydrogen) atoms. The van der Waals surface area contributed by atoms with Crippen LogP contribution in [-0.2, 0) is 15.3 Å². The first kappa shape index (κ1) is 27.1. The van der Waals surface area contributed by atoms with E-state index in [0.29, 0.717) is 22.6 Å². The minimum absolute atomic E-state index is 0.218. The molecule has 0 aliphatic carbocycles. The van der Waals surface area contributed by atoms with Gasteiger partial charge in [-0.15, -0.1) is 0 Å². The molecule has 0 heterocycles. The van der Waals surface area contributed by atoms with Crippen LogP contribution in [0.4, 0.5) is 0 Å². The molecule has 5 nitrogen and oxygen atoms in total. The Bertz CT molecular complexity index is 1050. The molecule has 0 fully saturated rings. The molecule has 0 saturated heterocycles. The lowest BCUT2D eigenvalue weighted by atomic mass is 9.94. The summed E-state index contributed by atoms with van der Waals surface area (Å²) in [6.45, 7) is 7.22. The summed E-state index contributed by atoms with van der Waals surface area (Å²) >= 11 is 0. The highest BCUT2D eigenvalue weighted by Crippen LogP contribution is 2.30. The van der Waals surface area contributed by atoms with E-state index < -0.39 is 11.4 Å². The maximum atomic E-state index is 12.7. The smallest absolute Gasteiger partial charge is 0.260 e. The summed E-state index contributed by atoms with van der Waals surface area (Å²) in [4.78, 5) is 24.4. The zero-order valence-corrected chi connectivity index (χ0v) is 20.7. The zero-order valence-electron chi connectivity index (χ0n) is 20.7. The van der Waals surface area contributed by atoms with Crippen molar-refractivity contribution in [1.82, 2.24) is 0 Å². The number of aliphatic hydroxyl groups is 1. The number of Topliss-reactive ketones (excluding diaryl/α,β-unsaturated/α-hetero) is 2. The van der Waals surface area contributed by atoms with Gasteiger partial charge in [-0.25, -0.2) is 0 Å². The van der Waals surface area contributed by atoms with Crippen molar-refractivity contribution in [2.24, 2.45) is 0 Å². The number of hydrogen-bond donors (Lipinski definition) is 1. The molecule has 0 spiro atoms. The summed E-state index contributed by atoms with van der Waals surface area (Å²) in [5.41, 5.74) is 1.69. The van der Waals surface area contributed by atoms with Crippen LogP contribution < -0.4 is 0 Å². The predicted molar refractivity (Wildman–Crippen MR) is 134 cm³/mol. The van der Waals surface area contributed by atoms with Crippen molar-refractivity contribution in [3.8, 4) is 0 Å². The summed E-state index contributed by atoms with van der Waals surface area (Å²) in [6.07, 6.45) is 0. The molecule has 3 aromatic rings. The van der Waals surface area contributed by atoms with E-state index in [1.165, 1.54) is 33.6 Å². The molecule has 1 N–H and O–H groups in total. The zero-order chi connectivity index (χ0) is 25.4. The lowest BCUT2D eigenvalue weighted by Crippen LogP contribution is -2.39. The fraction of sp³-hybridized carbons (Fsp3) is 0.310. The van der Waals surface area contributed by atoms with Crippen LogP contribution in [0.2, 0.25) is 0 Å². The highest BCUT2D eigenvalue weighted by molar-refractivity contribution is 6.02. The number of methoxy groups -OCH3 is 2. The predicted octanol–water partition coefficient (Wildman–Crippen LogP) is 5.78. The molecule has 0 bridgehead atoms. The first-order valence-corrected chi connectivity index (χ1v) is 11.2. The van der Waals surface area contributed by atoms with Crippen LogP contribution in [0.5, 0.6) is 0 Å². The van der Waals surface area contributed by atoms with Crippen LogP contribution in [0.3, 0.4) is 0 Å². The van der Waals surface area contributed by atoms with E-state index in [9.17, 15) is 14.7 Å². The van der Waals surface area contributed by atoms with Gasteiger partial charge >= 0.3 is 0 Å². The quantitative estimate of drug-likeness (QED) is 0.339. The normalized spacial score (nSPS) is 11.5. The Kier molecular flexibility index (Phi) is 9.45. The van der Waals surface area contributed by atoms with Gasteiger partial charge in [0, 0.05) is 30.9 Å². The second-order valence-corrected chi connectivity index (χ2v) is 8.75. The molecule has 0 radical (unpaired) electrons. The highest BCUT2D eigenvalue weighted by Gasteiger charge is 2.41. The standard InChI is InChI=1S/C16H16O3.C13H18O2/c1-18-16(19-2,14-11-7-4-8-12-14)15(17)13-9-5-3-6-10-13;1-9(2)10-5-7-11(8-6-10)12(14)13(3,4)15/h3-12H,1-2H3;5-9,15H,1-4H3. The third-order valence-electron chi connectivity index (χ3n) is 5.46. The van der Waals surface area contributed by atoms with Gasteiger partial charge in [-0.05, 0) is 25.3 Å². The molecule has 3 rings (SSSR count). The lowest BCUT2D eigenvalue weighted by Gasteiger charge is -2.29.